The Hall–Kier alpha value is -0.320. The van der Waals surface area contributed by atoms with Crippen LogP contribution in [0.3, 0.4) is 0 Å². The summed E-state index contributed by atoms with van der Waals surface area (Å²) in [5, 5.41) is 0. The Kier molecular flexibility index (Phi) is 4.67. The second-order valence-electron chi connectivity index (χ2n) is 3.41. The normalized spacial score (nSPS) is 17.5. The van der Waals surface area contributed by atoms with Crippen molar-refractivity contribution in [3.05, 3.63) is 0 Å². The van der Waals surface area contributed by atoms with E-state index >= 15 is 0 Å². The van der Waals surface area contributed by atoms with Gasteiger partial charge in [-0.25, -0.2) is 4.39 Å². The first-order chi connectivity index (χ1) is 5.72. The van der Waals surface area contributed by atoms with E-state index in [9.17, 15) is 17.6 Å². The molecule has 0 aliphatic heterocycles. The van der Waals surface area contributed by atoms with E-state index in [2.05, 4.69) is 4.74 Å². The number of hydrogen-bond donors (Lipinski definition) is 0. The van der Waals surface area contributed by atoms with E-state index < -0.39 is 18.6 Å². The van der Waals surface area contributed by atoms with Crippen LogP contribution in [0.25, 0.3) is 0 Å². The molecule has 1 nitrogen and oxygen atoms in total. The molecule has 0 aliphatic rings. The fraction of sp³-hybridized carbons (Fsp3) is 1.00. The van der Waals surface area contributed by atoms with Crippen molar-refractivity contribution in [1.29, 1.82) is 0 Å². The van der Waals surface area contributed by atoms with Crippen molar-refractivity contribution >= 4 is 0 Å². The predicted molar refractivity (Wildman–Crippen MR) is 41.0 cm³/mol. The standard InChI is InChI=1S/C8H14F4O/c1-5(2)4-7(9)6(3)13-8(10,11)12/h5-7H,4H2,1-3H3. The molecule has 0 heterocycles. The molecule has 0 spiro atoms. The van der Waals surface area contributed by atoms with Crippen molar-refractivity contribution in [2.75, 3.05) is 0 Å². The number of halogens is 4. The lowest BCUT2D eigenvalue weighted by Gasteiger charge is -2.20. The van der Waals surface area contributed by atoms with E-state index in [-0.39, 0.29) is 12.3 Å². The molecule has 0 amide bonds. The lowest BCUT2D eigenvalue weighted by molar-refractivity contribution is -0.346. The van der Waals surface area contributed by atoms with Crippen molar-refractivity contribution in [3.63, 3.8) is 0 Å². The summed E-state index contributed by atoms with van der Waals surface area (Å²) in [5.41, 5.74) is 0. The molecule has 0 radical (unpaired) electrons. The van der Waals surface area contributed by atoms with Crippen LogP contribution in [0.4, 0.5) is 17.6 Å². The van der Waals surface area contributed by atoms with Gasteiger partial charge >= 0.3 is 6.36 Å². The Morgan fingerprint density at radius 3 is 1.92 bits per heavy atom. The highest BCUT2D eigenvalue weighted by molar-refractivity contribution is 4.66. The van der Waals surface area contributed by atoms with E-state index in [4.69, 9.17) is 0 Å². The summed E-state index contributed by atoms with van der Waals surface area (Å²) < 4.78 is 51.3. The quantitative estimate of drug-likeness (QED) is 0.635. The average Bonchev–Trinajstić information content (AvgIpc) is 1.81. The average molecular weight is 202 g/mol. The van der Waals surface area contributed by atoms with Gasteiger partial charge in [0.2, 0.25) is 0 Å². The van der Waals surface area contributed by atoms with Gasteiger partial charge in [0.25, 0.3) is 0 Å². The van der Waals surface area contributed by atoms with Crippen molar-refractivity contribution in [3.8, 4) is 0 Å². The van der Waals surface area contributed by atoms with E-state index in [1.807, 2.05) is 0 Å². The number of ether oxygens (including phenoxy) is 1. The summed E-state index contributed by atoms with van der Waals surface area (Å²) in [6.07, 6.45) is -7.66. The largest absolute Gasteiger partial charge is 0.522 e. The predicted octanol–water partition coefficient (Wildman–Crippen LogP) is 3.30. The molecule has 0 N–H and O–H groups in total. The van der Waals surface area contributed by atoms with Gasteiger partial charge in [0.15, 0.2) is 0 Å². The first-order valence-electron chi connectivity index (χ1n) is 4.11. The third-order valence-corrected chi connectivity index (χ3v) is 1.53. The molecular weight excluding hydrogens is 188 g/mol. The first-order valence-corrected chi connectivity index (χ1v) is 4.11. The second-order valence-corrected chi connectivity index (χ2v) is 3.41. The van der Waals surface area contributed by atoms with Crippen LogP contribution < -0.4 is 0 Å². The van der Waals surface area contributed by atoms with Gasteiger partial charge in [0, 0.05) is 0 Å². The van der Waals surface area contributed by atoms with Gasteiger partial charge in [-0.3, -0.25) is 4.74 Å². The van der Waals surface area contributed by atoms with Crippen LogP contribution in [0.2, 0.25) is 0 Å². The fourth-order valence-corrected chi connectivity index (χ4v) is 0.927. The van der Waals surface area contributed by atoms with Crippen molar-refractivity contribution in [2.24, 2.45) is 5.92 Å². The number of hydrogen-bond acceptors (Lipinski definition) is 1. The van der Waals surface area contributed by atoms with Gasteiger partial charge in [-0.1, -0.05) is 13.8 Å². The van der Waals surface area contributed by atoms with E-state index in [1.54, 1.807) is 13.8 Å². The Labute approximate surface area is 75.1 Å². The highest BCUT2D eigenvalue weighted by Crippen LogP contribution is 2.23. The minimum atomic E-state index is -4.75. The maximum atomic E-state index is 13.0. The Balaban J connectivity index is 3.89. The van der Waals surface area contributed by atoms with Crippen molar-refractivity contribution < 1.29 is 22.3 Å². The Morgan fingerprint density at radius 1 is 1.15 bits per heavy atom. The summed E-state index contributed by atoms with van der Waals surface area (Å²) >= 11 is 0. The van der Waals surface area contributed by atoms with Crippen molar-refractivity contribution in [2.45, 2.75) is 45.8 Å². The minimum Gasteiger partial charge on any atom is -0.286 e. The van der Waals surface area contributed by atoms with Gasteiger partial charge in [0.1, 0.15) is 6.17 Å². The van der Waals surface area contributed by atoms with Gasteiger partial charge in [-0.2, -0.15) is 0 Å². The molecule has 13 heavy (non-hydrogen) atoms. The number of rotatable bonds is 4. The molecule has 0 aromatic rings. The molecule has 5 heteroatoms. The van der Waals surface area contributed by atoms with E-state index in [1.165, 1.54) is 0 Å². The van der Waals surface area contributed by atoms with Gasteiger partial charge < -0.3 is 0 Å². The molecule has 0 bridgehead atoms. The minimum absolute atomic E-state index is 0.0225. The lowest BCUT2D eigenvalue weighted by atomic mass is 10.0. The second kappa shape index (κ2) is 4.79. The molecule has 0 aromatic carbocycles. The molecule has 0 aromatic heterocycles. The zero-order valence-electron chi connectivity index (χ0n) is 7.86. The molecule has 0 saturated heterocycles. The summed E-state index contributed by atoms with van der Waals surface area (Å²) in [4.78, 5) is 0. The molecule has 2 atom stereocenters. The summed E-state index contributed by atoms with van der Waals surface area (Å²) in [7, 11) is 0. The topological polar surface area (TPSA) is 9.23 Å². The maximum absolute atomic E-state index is 13.0. The fourth-order valence-electron chi connectivity index (χ4n) is 0.927. The maximum Gasteiger partial charge on any atom is 0.522 e. The summed E-state index contributed by atoms with van der Waals surface area (Å²) in [6, 6.07) is 0. The number of alkyl halides is 4. The van der Waals surface area contributed by atoms with Crippen LogP contribution in [-0.2, 0) is 4.74 Å². The van der Waals surface area contributed by atoms with E-state index in [0.29, 0.717) is 0 Å². The molecule has 0 aliphatic carbocycles. The summed E-state index contributed by atoms with van der Waals surface area (Å²) in [6.45, 7) is 4.57. The molecule has 0 saturated carbocycles. The molecule has 0 rings (SSSR count). The molecule has 0 fully saturated rings. The zero-order chi connectivity index (χ0) is 10.6. The van der Waals surface area contributed by atoms with Gasteiger partial charge in [-0.15, -0.1) is 13.2 Å². The Bertz CT molecular complexity index is 144. The van der Waals surface area contributed by atoms with Crippen LogP contribution >= 0.6 is 0 Å². The Morgan fingerprint density at radius 2 is 1.62 bits per heavy atom. The highest BCUT2D eigenvalue weighted by Gasteiger charge is 2.35. The molecule has 2 unspecified atom stereocenters. The molecular formula is C8H14F4O. The molecule has 80 valence electrons. The monoisotopic (exact) mass is 202 g/mol. The third-order valence-electron chi connectivity index (χ3n) is 1.53. The van der Waals surface area contributed by atoms with Crippen LogP contribution in [0, 0.1) is 5.92 Å². The highest BCUT2D eigenvalue weighted by atomic mass is 19.4. The SMILES string of the molecule is CC(C)CC(F)C(C)OC(F)(F)F. The lowest BCUT2D eigenvalue weighted by Crippen LogP contribution is -2.30. The van der Waals surface area contributed by atoms with Crippen LogP contribution in [0.5, 0.6) is 0 Å². The third kappa shape index (κ3) is 6.81. The van der Waals surface area contributed by atoms with E-state index in [0.717, 1.165) is 6.92 Å². The smallest absolute Gasteiger partial charge is 0.286 e. The van der Waals surface area contributed by atoms with Crippen LogP contribution in [0.1, 0.15) is 27.2 Å². The van der Waals surface area contributed by atoms with Gasteiger partial charge in [-0.05, 0) is 19.3 Å². The van der Waals surface area contributed by atoms with Crippen LogP contribution in [-0.4, -0.2) is 18.6 Å². The summed E-state index contributed by atoms with van der Waals surface area (Å²) in [5.74, 6) is 0.0225. The zero-order valence-corrected chi connectivity index (χ0v) is 7.86. The van der Waals surface area contributed by atoms with Crippen LogP contribution in [0.15, 0.2) is 0 Å². The first kappa shape index (κ1) is 12.7. The van der Waals surface area contributed by atoms with Crippen molar-refractivity contribution in [1.82, 2.24) is 0 Å². The van der Waals surface area contributed by atoms with Gasteiger partial charge in [0.05, 0.1) is 6.10 Å².